The van der Waals surface area contributed by atoms with Gasteiger partial charge in [-0.1, -0.05) is 18.2 Å². The molecule has 1 heterocycles. The van der Waals surface area contributed by atoms with E-state index in [9.17, 15) is 23.5 Å². The number of alkyl halides is 2. The second-order valence-corrected chi connectivity index (χ2v) is 6.70. The molecule has 7 nitrogen and oxygen atoms in total. The molecule has 0 spiro atoms. The summed E-state index contributed by atoms with van der Waals surface area (Å²) in [5.74, 6) is -0.475. The number of ether oxygens (including phenoxy) is 2. The molecule has 0 saturated heterocycles. The zero-order valence-corrected chi connectivity index (χ0v) is 16.8. The van der Waals surface area contributed by atoms with Gasteiger partial charge in [0, 0.05) is 12.3 Å². The smallest absolute Gasteiger partial charge is 0.337 e. The first-order valence-corrected chi connectivity index (χ1v) is 9.62. The fourth-order valence-electron chi connectivity index (χ4n) is 2.74. The fourth-order valence-corrected chi connectivity index (χ4v) is 2.74. The van der Waals surface area contributed by atoms with Gasteiger partial charge in [-0.3, -0.25) is 4.79 Å². The number of aromatic carboxylic acids is 1. The lowest BCUT2D eigenvalue weighted by molar-refractivity contribution is -0.115. The van der Waals surface area contributed by atoms with Gasteiger partial charge in [-0.25, -0.2) is 18.6 Å². The highest BCUT2D eigenvalue weighted by atomic mass is 19.1. The van der Waals surface area contributed by atoms with E-state index in [4.69, 9.17) is 9.47 Å². The summed E-state index contributed by atoms with van der Waals surface area (Å²) in [4.78, 5) is 27.6. The number of para-hydroxylation sites is 1. The summed E-state index contributed by atoms with van der Waals surface area (Å²) in [7, 11) is 0. The number of carboxylic acids is 1. The van der Waals surface area contributed by atoms with Gasteiger partial charge in [0.25, 0.3) is 0 Å². The highest BCUT2D eigenvalue weighted by Gasteiger charge is 2.13. The van der Waals surface area contributed by atoms with Gasteiger partial charge in [-0.2, -0.15) is 0 Å². The molecule has 0 bridgehead atoms. The number of nitrogens with one attached hydrogen (secondary N) is 1. The van der Waals surface area contributed by atoms with Gasteiger partial charge >= 0.3 is 5.97 Å². The van der Waals surface area contributed by atoms with Gasteiger partial charge in [0.2, 0.25) is 11.8 Å². The number of carbonyl (C=O) groups excluding carboxylic acids is 1. The quantitative estimate of drug-likeness (QED) is 0.482. The molecule has 1 amide bonds. The molecular formula is C23H20F2N2O5. The average Bonchev–Trinajstić information content (AvgIpc) is 2.80. The Kier molecular flexibility index (Phi) is 7.69. The normalized spacial score (nSPS) is 10.6. The number of benzene rings is 2. The van der Waals surface area contributed by atoms with E-state index >= 15 is 0 Å². The molecule has 2 N–H and O–H groups in total. The second kappa shape index (κ2) is 10.9. The molecule has 0 unspecified atom stereocenters. The van der Waals surface area contributed by atoms with Crippen molar-refractivity contribution >= 4 is 17.6 Å². The Hall–Kier alpha value is -4.01. The summed E-state index contributed by atoms with van der Waals surface area (Å²) < 4.78 is 35.8. The summed E-state index contributed by atoms with van der Waals surface area (Å²) in [6.07, 6.45) is 0.339. The van der Waals surface area contributed by atoms with Crippen molar-refractivity contribution in [2.75, 3.05) is 18.7 Å². The summed E-state index contributed by atoms with van der Waals surface area (Å²) in [5.41, 5.74) is 0.827. The van der Waals surface area contributed by atoms with E-state index < -0.39 is 25.4 Å². The number of aromatic nitrogens is 1. The van der Waals surface area contributed by atoms with Crippen molar-refractivity contribution in [2.24, 2.45) is 0 Å². The zero-order valence-electron chi connectivity index (χ0n) is 16.8. The van der Waals surface area contributed by atoms with E-state index in [1.807, 2.05) is 0 Å². The Bertz CT molecular complexity index is 1050. The lowest BCUT2D eigenvalue weighted by Gasteiger charge is -2.13. The van der Waals surface area contributed by atoms with Crippen molar-refractivity contribution in [3.8, 4) is 17.4 Å². The van der Waals surface area contributed by atoms with E-state index in [0.717, 1.165) is 0 Å². The maximum atomic E-state index is 12.5. The van der Waals surface area contributed by atoms with Crippen molar-refractivity contribution < 1.29 is 33.0 Å². The second-order valence-electron chi connectivity index (χ2n) is 6.70. The Morgan fingerprint density at radius 3 is 2.28 bits per heavy atom. The number of pyridine rings is 1. The minimum Gasteiger partial charge on any atom is -0.485 e. The molecule has 0 aliphatic carbocycles. The van der Waals surface area contributed by atoms with Crippen molar-refractivity contribution in [2.45, 2.75) is 12.5 Å². The van der Waals surface area contributed by atoms with Crippen LogP contribution in [0.1, 0.15) is 15.9 Å². The molecule has 0 aliphatic heterocycles. The number of hydrogen-bond donors (Lipinski definition) is 2. The molecule has 3 aromatic rings. The van der Waals surface area contributed by atoms with E-state index in [1.54, 1.807) is 36.4 Å². The SMILES string of the molecule is O=C(Cc1ccc(Oc2ccc(OC(CF)CF)cc2)nc1)Nc1ccccc1C(=O)O. The van der Waals surface area contributed by atoms with Crippen LogP contribution in [0.3, 0.4) is 0 Å². The molecule has 3 rings (SSSR count). The maximum Gasteiger partial charge on any atom is 0.337 e. The van der Waals surface area contributed by atoms with Crippen LogP contribution in [0.2, 0.25) is 0 Å². The van der Waals surface area contributed by atoms with Gasteiger partial charge in [0.15, 0.2) is 6.10 Å². The number of carbonyl (C=O) groups is 2. The van der Waals surface area contributed by atoms with Gasteiger partial charge in [-0.05, 0) is 42.0 Å². The van der Waals surface area contributed by atoms with Gasteiger partial charge < -0.3 is 19.9 Å². The number of halogens is 2. The van der Waals surface area contributed by atoms with Crippen molar-refractivity contribution in [1.29, 1.82) is 0 Å². The standard InChI is InChI=1S/C23H20F2N2O5/c24-12-18(13-25)31-16-6-8-17(9-7-16)32-22-10-5-15(14-26-22)11-21(28)27-20-4-2-1-3-19(20)23(29)30/h1-10,14,18H,11-13H2,(H,27,28)(H,29,30). The minimum atomic E-state index is -1.13. The molecule has 2 aromatic carbocycles. The first kappa shape index (κ1) is 22.7. The third-order valence-electron chi connectivity index (χ3n) is 4.29. The third kappa shape index (κ3) is 6.24. The van der Waals surface area contributed by atoms with Crippen LogP contribution >= 0.6 is 0 Å². The van der Waals surface area contributed by atoms with E-state index in [-0.39, 0.29) is 29.5 Å². The molecule has 166 valence electrons. The van der Waals surface area contributed by atoms with E-state index in [2.05, 4.69) is 10.3 Å². The van der Waals surface area contributed by atoms with Crippen LogP contribution in [-0.4, -0.2) is 41.4 Å². The number of amides is 1. The first-order valence-electron chi connectivity index (χ1n) is 9.62. The van der Waals surface area contributed by atoms with Gasteiger partial charge in [0.05, 0.1) is 17.7 Å². The molecule has 0 fully saturated rings. The lowest BCUT2D eigenvalue weighted by atomic mass is 10.1. The summed E-state index contributed by atoms with van der Waals surface area (Å²) in [5, 5.41) is 11.8. The Morgan fingerprint density at radius 1 is 0.969 bits per heavy atom. The highest BCUT2D eigenvalue weighted by molar-refractivity contribution is 6.00. The van der Waals surface area contributed by atoms with Gasteiger partial charge in [-0.15, -0.1) is 0 Å². The Balaban J connectivity index is 1.56. The first-order chi connectivity index (χ1) is 15.5. The van der Waals surface area contributed by atoms with Crippen molar-refractivity contribution in [3.63, 3.8) is 0 Å². The highest BCUT2D eigenvalue weighted by Crippen LogP contribution is 2.23. The topological polar surface area (TPSA) is 97.8 Å². The predicted octanol–water partition coefficient (Wildman–Crippen LogP) is 4.44. The zero-order chi connectivity index (χ0) is 22.9. The molecule has 1 aromatic heterocycles. The van der Waals surface area contributed by atoms with Crippen LogP contribution in [0.4, 0.5) is 14.5 Å². The minimum absolute atomic E-state index is 0.00240. The maximum absolute atomic E-state index is 12.5. The monoisotopic (exact) mass is 442 g/mol. The lowest BCUT2D eigenvalue weighted by Crippen LogP contribution is -2.20. The number of hydrogen-bond acceptors (Lipinski definition) is 5. The summed E-state index contributed by atoms with van der Waals surface area (Å²) in [6.45, 7) is -1.84. The number of anilines is 1. The van der Waals surface area contributed by atoms with E-state index in [1.165, 1.54) is 30.5 Å². The van der Waals surface area contributed by atoms with Crippen LogP contribution < -0.4 is 14.8 Å². The Morgan fingerprint density at radius 2 is 1.66 bits per heavy atom. The van der Waals surface area contributed by atoms with Crippen LogP contribution in [0.15, 0.2) is 66.9 Å². The third-order valence-corrected chi connectivity index (χ3v) is 4.29. The van der Waals surface area contributed by atoms with Crippen LogP contribution in [-0.2, 0) is 11.2 Å². The van der Waals surface area contributed by atoms with Crippen molar-refractivity contribution in [1.82, 2.24) is 4.98 Å². The Labute approximate surface area is 182 Å². The largest absolute Gasteiger partial charge is 0.485 e. The summed E-state index contributed by atoms with van der Waals surface area (Å²) >= 11 is 0. The van der Waals surface area contributed by atoms with Gasteiger partial charge in [0.1, 0.15) is 24.8 Å². The van der Waals surface area contributed by atoms with Crippen LogP contribution in [0.25, 0.3) is 0 Å². The molecule has 0 saturated carbocycles. The number of rotatable bonds is 10. The molecular weight excluding hydrogens is 422 g/mol. The average molecular weight is 442 g/mol. The molecule has 0 atom stereocenters. The number of nitrogens with zero attached hydrogens (tertiary/aromatic N) is 1. The van der Waals surface area contributed by atoms with Crippen molar-refractivity contribution in [3.05, 3.63) is 78.0 Å². The molecule has 0 aliphatic rings. The van der Waals surface area contributed by atoms with Crippen LogP contribution in [0.5, 0.6) is 17.4 Å². The molecule has 9 heteroatoms. The molecule has 32 heavy (non-hydrogen) atoms. The van der Waals surface area contributed by atoms with Crippen LogP contribution in [0, 0.1) is 0 Å². The van der Waals surface area contributed by atoms with E-state index in [0.29, 0.717) is 17.1 Å². The predicted molar refractivity (Wildman–Crippen MR) is 113 cm³/mol. The molecule has 0 radical (unpaired) electrons. The summed E-state index contributed by atoms with van der Waals surface area (Å²) in [6, 6.07) is 15.6. The fraction of sp³-hybridized carbons (Fsp3) is 0.174. The number of carboxylic acid groups (broad SMARTS) is 1.